The van der Waals surface area contributed by atoms with Crippen LogP contribution in [0.5, 0.6) is 0 Å². The number of methoxy groups -OCH3 is 1. The van der Waals surface area contributed by atoms with Crippen LogP contribution in [0.1, 0.15) is 83.1 Å². The molecule has 4 amide bonds. The van der Waals surface area contributed by atoms with Gasteiger partial charge >= 0.3 is 23.9 Å². The monoisotopic (exact) mass is 1000 g/mol. The van der Waals surface area contributed by atoms with Gasteiger partial charge in [0.25, 0.3) is 0 Å². The van der Waals surface area contributed by atoms with Crippen LogP contribution in [0, 0.1) is 23.7 Å². The SMILES string of the molecule is CO[C@H]1OC(COC(C)=O)[C@H](OC2OC(COC(C)=O)C(O[C@H]3OC(COC(C)=O)[C@H](OC4OC(COC(C)=O)C(O)[C@H](C)[C@@H]4NC(C)=O)C(C)[C@H]3NC(C)=O)[C@H](C)[C@@H]2NC(C)=O)C(C)[C@H]1NC(C)=O. The first-order valence-corrected chi connectivity index (χ1v) is 23.2. The molecule has 70 heavy (non-hydrogen) atoms. The van der Waals surface area contributed by atoms with E-state index in [-0.39, 0.29) is 19.1 Å². The fourth-order valence-electron chi connectivity index (χ4n) is 9.24. The van der Waals surface area contributed by atoms with Crippen molar-refractivity contribution in [1.29, 1.82) is 0 Å². The Morgan fingerprint density at radius 3 is 0.914 bits per heavy atom. The van der Waals surface area contributed by atoms with Crippen LogP contribution in [0.2, 0.25) is 0 Å². The number of hydrogen-bond donors (Lipinski definition) is 5. The second-order valence-electron chi connectivity index (χ2n) is 18.3. The minimum Gasteiger partial charge on any atom is -0.463 e. The van der Waals surface area contributed by atoms with Gasteiger partial charge in [-0.2, -0.15) is 0 Å². The summed E-state index contributed by atoms with van der Waals surface area (Å²) in [6, 6.07) is -3.82. The zero-order valence-corrected chi connectivity index (χ0v) is 42.0. The summed E-state index contributed by atoms with van der Waals surface area (Å²) in [5.74, 6) is -7.32. The van der Waals surface area contributed by atoms with E-state index in [1.54, 1.807) is 27.7 Å². The molecule has 4 aliphatic rings. The van der Waals surface area contributed by atoms with Gasteiger partial charge in [-0.25, -0.2) is 0 Å². The van der Waals surface area contributed by atoms with Crippen molar-refractivity contribution in [2.45, 2.75) is 181 Å². The molecule has 0 aromatic rings. The molecular weight excluding hydrogens is 933 g/mol. The van der Waals surface area contributed by atoms with Crippen molar-refractivity contribution in [2.75, 3.05) is 33.5 Å². The molecule has 10 unspecified atom stereocenters. The third kappa shape index (κ3) is 15.7. The van der Waals surface area contributed by atoms with Crippen molar-refractivity contribution in [2.24, 2.45) is 23.7 Å². The molecule has 4 rings (SSSR count). The normalized spacial score (nSPS) is 37.4. The molecule has 4 saturated heterocycles. The van der Waals surface area contributed by atoms with Crippen LogP contribution in [0.15, 0.2) is 0 Å². The van der Waals surface area contributed by atoms with E-state index in [9.17, 15) is 43.5 Å². The maximum atomic E-state index is 13.0. The molecule has 398 valence electrons. The van der Waals surface area contributed by atoms with E-state index in [2.05, 4.69) is 21.3 Å². The highest BCUT2D eigenvalue weighted by atomic mass is 16.8. The van der Waals surface area contributed by atoms with Gasteiger partial charge in [0.15, 0.2) is 25.2 Å². The Kier molecular flexibility index (Phi) is 21.7. The standard InChI is InChI=1S/C45H72N4O21/c1-18-34(46-22(5)50)43(64-30(38(18)58)14-60-26(9)54)68-40-20(3)36(48-24(7)52)45(66-32(40)16-62-28(11)56)70-41-21(4)37(49-25(8)53)44(67-33(41)17-63-29(12)57)69-39-19(2)35(47-23(6)51)42(59-13)65-31(39)15-61-27(10)55/h18-21,30-45,58H,14-17H2,1-13H3,(H,46,50)(H,47,51)(H,48,52)(H,49,53)/t18-,19?,20?,21-,30?,31?,32?,33?,34+,35-,36-,37+,38?,39-,40-,41?,42+,43?,44?,45-/m1/s1. The molecule has 0 radical (unpaired) electrons. The highest BCUT2D eigenvalue weighted by Gasteiger charge is 2.55. The van der Waals surface area contributed by atoms with Crippen molar-refractivity contribution in [3.63, 3.8) is 0 Å². The fourth-order valence-corrected chi connectivity index (χ4v) is 9.24. The Labute approximate surface area is 406 Å². The molecule has 0 bridgehead atoms. The predicted octanol–water partition coefficient (Wildman–Crippen LogP) is -1.14. The van der Waals surface area contributed by atoms with Crippen LogP contribution < -0.4 is 21.3 Å². The van der Waals surface area contributed by atoms with Crippen LogP contribution in [-0.4, -0.2) is 184 Å². The Morgan fingerprint density at radius 1 is 0.400 bits per heavy atom. The molecule has 0 saturated carbocycles. The molecule has 0 spiro atoms. The van der Waals surface area contributed by atoms with E-state index >= 15 is 0 Å². The maximum Gasteiger partial charge on any atom is 0.302 e. The fraction of sp³-hybridized carbons (Fsp3) is 0.822. The van der Waals surface area contributed by atoms with E-state index in [0.29, 0.717) is 0 Å². The van der Waals surface area contributed by atoms with E-state index in [1.165, 1.54) is 62.5 Å². The van der Waals surface area contributed by atoms with E-state index < -0.39 is 177 Å². The number of aliphatic hydroxyl groups excluding tert-OH is 1. The smallest absolute Gasteiger partial charge is 0.302 e. The molecule has 0 aromatic carbocycles. The molecular formula is C45H72N4O21. The molecule has 0 aliphatic carbocycles. The summed E-state index contributed by atoms with van der Waals surface area (Å²) in [7, 11) is 1.39. The minimum absolute atomic E-state index is 0.287. The van der Waals surface area contributed by atoms with Gasteiger partial charge in [-0.15, -0.1) is 0 Å². The highest BCUT2D eigenvalue weighted by Crippen LogP contribution is 2.39. The average Bonchev–Trinajstić information content (AvgIpc) is 3.26. The van der Waals surface area contributed by atoms with Crippen LogP contribution in [-0.2, 0) is 95.2 Å². The molecule has 25 nitrogen and oxygen atoms in total. The molecule has 4 fully saturated rings. The summed E-state index contributed by atoms with van der Waals surface area (Å²) < 4.78 is 72.6. The number of nitrogens with one attached hydrogen (secondary N) is 4. The first kappa shape index (κ1) is 58.0. The van der Waals surface area contributed by atoms with Gasteiger partial charge in [0.2, 0.25) is 23.6 Å². The first-order chi connectivity index (χ1) is 32.8. The van der Waals surface area contributed by atoms with Crippen molar-refractivity contribution in [3.8, 4) is 0 Å². The largest absolute Gasteiger partial charge is 0.463 e. The van der Waals surface area contributed by atoms with E-state index in [0.717, 1.165) is 0 Å². The zero-order chi connectivity index (χ0) is 52.3. The summed E-state index contributed by atoms with van der Waals surface area (Å²) >= 11 is 0. The summed E-state index contributed by atoms with van der Waals surface area (Å²) in [5, 5.41) is 22.5. The van der Waals surface area contributed by atoms with Crippen molar-refractivity contribution < 1.29 is 100 Å². The molecule has 25 heteroatoms. The van der Waals surface area contributed by atoms with Gasteiger partial charge in [-0.3, -0.25) is 38.4 Å². The number of carbonyl (C=O) groups is 8. The number of ether oxygens (including phenoxy) is 12. The Hall–Kier alpha value is -4.60. The number of aliphatic hydroxyl groups is 1. The molecule has 4 aliphatic heterocycles. The van der Waals surface area contributed by atoms with Gasteiger partial charge in [-0.05, 0) is 0 Å². The molecule has 20 atom stereocenters. The molecule has 0 aromatic heterocycles. The number of esters is 4. The van der Waals surface area contributed by atoms with E-state index in [4.69, 9.17) is 56.8 Å². The second kappa shape index (κ2) is 26.2. The third-order valence-electron chi connectivity index (χ3n) is 12.6. The summed E-state index contributed by atoms with van der Waals surface area (Å²) in [6.45, 7) is 15.3. The summed E-state index contributed by atoms with van der Waals surface area (Å²) in [4.78, 5) is 99.2. The van der Waals surface area contributed by atoms with Crippen LogP contribution >= 0.6 is 0 Å². The van der Waals surface area contributed by atoms with Crippen LogP contribution in [0.3, 0.4) is 0 Å². The summed E-state index contributed by atoms with van der Waals surface area (Å²) in [5.41, 5.74) is 0. The lowest BCUT2D eigenvalue weighted by molar-refractivity contribution is -0.351. The quantitative estimate of drug-likeness (QED) is 0.0755. The van der Waals surface area contributed by atoms with E-state index in [1.807, 2.05) is 0 Å². The number of amides is 4. The number of hydrogen-bond acceptors (Lipinski definition) is 21. The van der Waals surface area contributed by atoms with Crippen LogP contribution in [0.4, 0.5) is 0 Å². The lowest BCUT2D eigenvalue weighted by Crippen LogP contribution is -2.68. The van der Waals surface area contributed by atoms with Crippen LogP contribution in [0.25, 0.3) is 0 Å². The Morgan fingerprint density at radius 2 is 0.643 bits per heavy atom. The summed E-state index contributed by atoms with van der Waals surface area (Å²) in [6.07, 6.45) is -13.9. The average molecular weight is 1010 g/mol. The number of carbonyl (C=O) groups excluding carboxylic acids is 8. The zero-order valence-electron chi connectivity index (χ0n) is 42.0. The van der Waals surface area contributed by atoms with Gasteiger partial charge in [0.1, 0.15) is 50.8 Å². The molecule has 5 N–H and O–H groups in total. The first-order valence-electron chi connectivity index (χ1n) is 23.2. The van der Waals surface area contributed by atoms with Gasteiger partial charge in [0.05, 0.1) is 48.6 Å². The van der Waals surface area contributed by atoms with Gasteiger partial charge in [-0.1, -0.05) is 27.7 Å². The van der Waals surface area contributed by atoms with Crippen molar-refractivity contribution >= 4 is 47.5 Å². The number of rotatable bonds is 19. The lowest BCUT2D eigenvalue weighted by atomic mass is 9.85. The maximum absolute atomic E-state index is 13.0. The lowest BCUT2D eigenvalue weighted by Gasteiger charge is -2.52. The second-order valence-corrected chi connectivity index (χ2v) is 18.3. The highest BCUT2D eigenvalue weighted by molar-refractivity contribution is 5.74. The van der Waals surface area contributed by atoms with Crippen molar-refractivity contribution in [1.82, 2.24) is 21.3 Å². The minimum atomic E-state index is -1.40. The molecule has 4 heterocycles. The van der Waals surface area contributed by atoms with Gasteiger partial charge in [0, 0.05) is 86.2 Å². The third-order valence-corrected chi connectivity index (χ3v) is 12.6. The predicted molar refractivity (Wildman–Crippen MR) is 236 cm³/mol. The topological polar surface area (TPSA) is 316 Å². The van der Waals surface area contributed by atoms with Crippen molar-refractivity contribution in [3.05, 3.63) is 0 Å². The van der Waals surface area contributed by atoms with Gasteiger partial charge < -0.3 is 83.2 Å². The Bertz CT molecular complexity index is 1830. The Balaban J connectivity index is 1.75.